The molecule has 0 saturated carbocycles. The molecule has 2 N–H and O–H groups in total. The zero-order chi connectivity index (χ0) is 19.6. The summed E-state index contributed by atoms with van der Waals surface area (Å²) in [6.45, 7) is 0.451. The number of hydrogen-bond acceptors (Lipinski definition) is 6. The molecule has 8 nitrogen and oxygen atoms in total. The van der Waals surface area contributed by atoms with Gasteiger partial charge in [0.2, 0.25) is 0 Å². The number of H-pyrrole nitrogens is 1. The summed E-state index contributed by atoms with van der Waals surface area (Å²) in [5, 5.41) is 8.89. The molecule has 0 amide bonds. The van der Waals surface area contributed by atoms with E-state index in [1.807, 2.05) is 42.6 Å². The van der Waals surface area contributed by atoms with Gasteiger partial charge in [0, 0.05) is 40.8 Å². The summed E-state index contributed by atoms with van der Waals surface area (Å²) < 4.78 is 12.3. The topological polar surface area (TPSA) is 94.1 Å². The van der Waals surface area contributed by atoms with Gasteiger partial charge in [0.1, 0.15) is 24.9 Å². The smallest absolute Gasteiger partial charge is 0.259 e. The van der Waals surface area contributed by atoms with Crippen molar-refractivity contribution < 1.29 is 9.47 Å². The van der Waals surface area contributed by atoms with Gasteiger partial charge in [0.25, 0.3) is 11.8 Å². The molecule has 0 atom stereocenters. The summed E-state index contributed by atoms with van der Waals surface area (Å²) in [5.74, 6) is 0.503. The number of nitrogens with zero attached hydrogens (tertiary/aromatic N) is 3. The highest BCUT2D eigenvalue weighted by molar-refractivity contribution is 6.01. The third-order valence-electron chi connectivity index (χ3n) is 4.64. The van der Waals surface area contributed by atoms with E-state index in [1.54, 1.807) is 23.3 Å². The van der Waals surface area contributed by atoms with Gasteiger partial charge >= 0.3 is 0 Å². The third-order valence-corrected chi connectivity index (χ3v) is 4.64. The van der Waals surface area contributed by atoms with Gasteiger partial charge in [0.05, 0.1) is 11.6 Å². The Morgan fingerprint density at radius 3 is 2.76 bits per heavy atom. The van der Waals surface area contributed by atoms with E-state index < -0.39 is 6.29 Å². The molecule has 1 aliphatic rings. The SMILES string of the molecule is O=c1[nH]ccc2c(-c3cnn(CC4OC=CO4)c3)cnc(Nc3ccccc3)c12. The molecular formula is C21H17N5O3. The number of nitrogens with one attached hydrogen (secondary N) is 2. The van der Waals surface area contributed by atoms with Crippen LogP contribution in [0.25, 0.3) is 21.9 Å². The lowest BCUT2D eigenvalue weighted by Crippen LogP contribution is -2.16. The average Bonchev–Trinajstić information content (AvgIpc) is 3.42. The Balaban J connectivity index is 1.54. The molecule has 0 unspecified atom stereocenters. The number of para-hydroxylation sites is 1. The Kier molecular flexibility index (Phi) is 4.21. The Morgan fingerprint density at radius 2 is 1.93 bits per heavy atom. The van der Waals surface area contributed by atoms with Crippen molar-refractivity contribution in [1.82, 2.24) is 19.7 Å². The summed E-state index contributed by atoms with van der Waals surface area (Å²) in [7, 11) is 0. The standard InChI is InChI=1S/C21H17N5O3/c27-21-19-16(6-7-22-21)17(11-23-20(19)25-15-4-2-1-3-5-15)14-10-24-26(12-14)13-18-28-8-9-29-18/h1-12,18H,13H2,(H,22,27)(H,23,25). The zero-order valence-corrected chi connectivity index (χ0v) is 15.3. The fourth-order valence-electron chi connectivity index (χ4n) is 3.30. The van der Waals surface area contributed by atoms with Crippen LogP contribution in [0, 0.1) is 0 Å². The first-order valence-corrected chi connectivity index (χ1v) is 9.09. The van der Waals surface area contributed by atoms with Gasteiger partial charge in [-0.1, -0.05) is 18.2 Å². The normalized spacial score (nSPS) is 13.4. The maximum Gasteiger partial charge on any atom is 0.259 e. The number of ether oxygens (including phenoxy) is 2. The molecule has 1 aliphatic heterocycles. The van der Waals surface area contributed by atoms with Crippen LogP contribution in [0.5, 0.6) is 0 Å². The van der Waals surface area contributed by atoms with Crippen LogP contribution in [-0.2, 0) is 16.0 Å². The summed E-state index contributed by atoms with van der Waals surface area (Å²) >= 11 is 0. The number of hydrogen-bond donors (Lipinski definition) is 2. The largest absolute Gasteiger partial charge is 0.457 e. The predicted octanol–water partition coefficient (Wildman–Crippen LogP) is 3.37. The summed E-state index contributed by atoms with van der Waals surface area (Å²) in [6, 6.07) is 11.5. The van der Waals surface area contributed by atoms with Crippen molar-refractivity contribution in [3.05, 3.63) is 84.1 Å². The summed E-state index contributed by atoms with van der Waals surface area (Å²) in [5.41, 5.74) is 2.32. The quantitative estimate of drug-likeness (QED) is 0.545. The van der Waals surface area contributed by atoms with E-state index in [4.69, 9.17) is 9.47 Å². The summed E-state index contributed by atoms with van der Waals surface area (Å²) in [6.07, 6.45) is 9.64. The van der Waals surface area contributed by atoms with Gasteiger partial charge in [-0.05, 0) is 18.2 Å². The highest BCUT2D eigenvalue weighted by Crippen LogP contribution is 2.30. The lowest BCUT2D eigenvalue weighted by molar-refractivity contribution is -0.0364. The lowest BCUT2D eigenvalue weighted by atomic mass is 10.0. The fourth-order valence-corrected chi connectivity index (χ4v) is 3.30. The molecule has 0 bridgehead atoms. The maximum atomic E-state index is 12.6. The molecule has 1 aromatic carbocycles. The van der Waals surface area contributed by atoms with Gasteiger partial charge in [0.15, 0.2) is 0 Å². The second-order valence-electron chi connectivity index (χ2n) is 6.53. The highest BCUT2D eigenvalue weighted by Gasteiger charge is 2.16. The van der Waals surface area contributed by atoms with Gasteiger partial charge < -0.3 is 19.8 Å². The van der Waals surface area contributed by atoms with E-state index in [1.165, 1.54) is 12.5 Å². The van der Waals surface area contributed by atoms with Crippen LogP contribution in [0.2, 0.25) is 0 Å². The van der Waals surface area contributed by atoms with Crippen LogP contribution in [0.4, 0.5) is 11.5 Å². The van der Waals surface area contributed by atoms with Crippen molar-refractivity contribution >= 4 is 22.3 Å². The molecule has 5 rings (SSSR count). The van der Waals surface area contributed by atoms with Crippen LogP contribution in [0.3, 0.4) is 0 Å². The number of anilines is 2. The Labute approximate surface area is 165 Å². The van der Waals surface area contributed by atoms with Crippen LogP contribution in [-0.4, -0.2) is 26.0 Å². The van der Waals surface area contributed by atoms with E-state index in [0.29, 0.717) is 17.7 Å². The first-order chi connectivity index (χ1) is 14.3. The van der Waals surface area contributed by atoms with Crippen LogP contribution in [0.1, 0.15) is 0 Å². The first kappa shape index (κ1) is 17.1. The third kappa shape index (κ3) is 3.31. The monoisotopic (exact) mass is 387 g/mol. The fraction of sp³-hybridized carbons (Fsp3) is 0.0952. The Morgan fingerprint density at radius 1 is 1.10 bits per heavy atom. The van der Waals surface area contributed by atoms with Crippen LogP contribution < -0.4 is 10.9 Å². The van der Waals surface area contributed by atoms with Crippen molar-refractivity contribution in [3.63, 3.8) is 0 Å². The van der Waals surface area contributed by atoms with Crippen molar-refractivity contribution in [2.75, 3.05) is 5.32 Å². The average molecular weight is 387 g/mol. The van der Waals surface area contributed by atoms with E-state index in [0.717, 1.165) is 22.2 Å². The number of aromatic amines is 1. The van der Waals surface area contributed by atoms with E-state index in [2.05, 4.69) is 20.4 Å². The predicted molar refractivity (Wildman–Crippen MR) is 108 cm³/mol. The van der Waals surface area contributed by atoms with Crippen molar-refractivity contribution in [2.24, 2.45) is 0 Å². The van der Waals surface area contributed by atoms with Gasteiger partial charge in [-0.15, -0.1) is 0 Å². The van der Waals surface area contributed by atoms with Crippen LogP contribution in [0.15, 0.2) is 78.5 Å². The number of aromatic nitrogens is 4. The molecule has 3 aromatic heterocycles. The minimum Gasteiger partial charge on any atom is -0.457 e. The first-order valence-electron chi connectivity index (χ1n) is 9.09. The lowest BCUT2D eigenvalue weighted by Gasteiger charge is -2.11. The second-order valence-corrected chi connectivity index (χ2v) is 6.53. The van der Waals surface area contributed by atoms with Crippen molar-refractivity contribution in [1.29, 1.82) is 0 Å². The maximum absolute atomic E-state index is 12.6. The molecule has 8 heteroatoms. The molecule has 0 radical (unpaired) electrons. The minimum atomic E-state index is -0.391. The minimum absolute atomic E-state index is 0.207. The van der Waals surface area contributed by atoms with Gasteiger partial charge in [-0.2, -0.15) is 5.10 Å². The van der Waals surface area contributed by atoms with E-state index in [9.17, 15) is 4.79 Å². The second kappa shape index (κ2) is 7.16. The highest BCUT2D eigenvalue weighted by atomic mass is 16.7. The molecule has 0 fully saturated rings. The number of rotatable bonds is 5. The van der Waals surface area contributed by atoms with E-state index in [-0.39, 0.29) is 5.56 Å². The van der Waals surface area contributed by atoms with E-state index >= 15 is 0 Å². The molecule has 4 aromatic rings. The van der Waals surface area contributed by atoms with Gasteiger partial charge in [-0.3, -0.25) is 9.48 Å². The molecule has 144 valence electrons. The van der Waals surface area contributed by atoms with Gasteiger partial charge in [-0.25, -0.2) is 4.98 Å². The Bertz CT molecular complexity index is 1240. The molecule has 0 aliphatic carbocycles. The molecule has 0 spiro atoms. The number of fused-ring (bicyclic) bond motifs is 1. The Hall–Kier alpha value is -4.07. The van der Waals surface area contributed by atoms with Crippen molar-refractivity contribution in [3.8, 4) is 11.1 Å². The molecule has 29 heavy (non-hydrogen) atoms. The molecule has 0 saturated heterocycles. The van der Waals surface area contributed by atoms with Crippen molar-refractivity contribution in [2.45, 2.75) is 12.8 Å². The molecular weight excluding hydrogens is 370 g/mol. The molecule has 4 heterocycles. The number of benzene rings is 1. The summed E-state index contributed by atoms with van der Waals surface area (Å²) in [4.78, 5) is 19.9. The van der Waals surface area contributed by atoms with Crippen LogP contribution >= 0.6 is 0 Å². The number of pyridine rings is 2. The zero-order valence-electron chi connectivity index (χ0n) is 15.3.